The fourth-order valence-corrected chi connectivity index (χ4v) is 0.996. The predicted molar refractivity (Wildman–Crippen MR) is 44.5 cm³/mol. The highest BCUT2D eigenvalue weighted by atomic mass is 16.4. The molecule has 0 aromatic heterocycles. The molecule has 0 aromatic rings. The number of nitrogens with one attached hydrogen (secondary N) is 1. The molecule has 3 nitrogen and oxygen atoms in total. The Morgan fingerprint density at radius 2 is 1.82 bits per heavy atom. The van der Waals surface area contributed by atoms with Gasteiger partial charge < -0.3 is 10.4 Å². The third kappa shape index (κ3) is 2.89. The molecular formula is C8H17NO2. The van der Waals surface area contributed by atoms with E-state index in [9.17, 15) is 4.79 Å². The van der Waals surface area contributed by atoms with Crippen LogP contribution in [0, 0.1) is 11.8 Å². The molecule has 0 fully saturated rings. The first-order valence-electron chi connectivity index (χ1n) is 3.90. The monoisotopic (exact) mass is 159 g/mol. The van der Waals surface area contributed by atoms with Crippen molar-refractivity contribution in [3.05, 3.63) is 0 Å². The summed E-state index contributed by atoms with van der Waals surface area (Å²) < 4.78 is 0. The van der Waals surface area contributed by atoms with E-state index >= 15 is 0 Å². The van der Waals surface area contributed by atoms with Gasteiger partial charge in [0.2, 0.25) is 0 Å². The van der Waals surface area contributed by atoms with Gasteiger partial charge in [-0.05, 0) is 18.9 Å². The summed E-state index contributed by atoms with van der Waals surface area (Å²) in [4.78, 5) is 10.6. The van der Waals surface area contributed by atoms with E-state index in [-0.39, 0.29) is 5.92 Å². The standard InChI is InChI=1S/C8H17NO2/c1-5(2)6(3)7(9-4)8(10)11/h5-7,9H,1-4H3,(H,10,11)/t6?,7-/m0/s1. The van der Waals surface area contributed by atoms with E-state index in [0.29, 0.717) is 5.92 Å². The number of carboxylic acid groups (broad SMARTS) is 1. The number of carbonyl (C=O) groups is 1. The van der Waals surface area contributed by atoms with Gasteiger partial charge in [-0.3, -0.25) is 4.79 Å². The first kappa shape index (κ1) is 10.4. The molecule has 0 saturated heterocycles. The molecule has 0 aliphatic carbocycles. The third-order valence-electron chi connectivity index (χ3n) is 2.15. The Bertz CT molecular complexity index is 134. The molecule has 0 aliphatic heterocycles. The van der Waals surface area contributed by atoms with Crippen molar-refractivity contribution in [2.45, 2.75) is 26.8 Å². The first-order valence-corrected chi connectivity index (χ1v) is 3.90. The first-order chi connectivity index (χ1) is 5.00. The van der Waals surface area contributed by atoms with Gasteiger partial charge in [0, 0.05) is 0 Å². The Labute approximate surface area is 67.8 Å². The van der Waals surface area contributed by atoms with Crippen molar-refractivity contribution in [1.82, 2.24) is 5.32 Å². The van der Waals surface area contributed by atoms with Gasteiger partial charge in [-0.1, -0.05) is 20.8 Å². The molecule has 0 radical (unpaired) electrons. The van der Waals surface area contributed by atoms with Crippen LogP contribution in [-0.2, 0) is 4.79 Å². The number of hydrogen-bond acceptors (Lipinski definition) is 2. The number of likely N-dealkylation sites (N-methyl/N-ethyl adjacent to an activating group) is 1. The topological polar surface area (TPSA) is 49.3 Å². The Balaban J connectivity index is 4.14. The highest BCUT2D eigenvalue weighted by Gasteiger charge is 2.24. The minimum atomic E-state index is -0.770. The average molecular weight is 159 g/mol. The van der Waals surface area contributed by atoms with Gasteiger partial charge in [0.15, 0.2) is 0 Å². The molecule has 11 heavy (non-hydrogen) atoms. The fourth-order valence-electron chi connectivity index (χ4n) is 0.996. The van der Waals surface area contributed by atoms with Gasteiger partial charge in [-0.15, -0.1) is 0 Å². The van der Waals surface area contributed by atoms with Crippen molar-refractivity contribution >= 4 is 5.97 Å². The van der Waals surface area contributed by atoms with E-state index < -0.39 is 12.0 Å². The zero-order chi connectivity index (χ0) is 9.02. The Morgan fingerprint density at radius 3 is 1.91 bits per heavy atom. The second-order valence-electron chi connectivity index (χ2n) is 3.21. The van der Waals surface area contributed by atoms with Crippen LogP contribution in [0.15, 0.2) is 0 Å². The SMILES string of the molecule is CN[C@H](C(=O)O)C(C)C(C)C. The maximum atomic E-state index is 10.6. The zero-order valence-corrected chi connectivity index (χ0v) is 7.59. The molecular weight excluding hydrogens is 142 g/mol. The largest absolute Gasteiger partial charge is 0.480 e. The van der Waals surface area contributed by atoms with E-state index in [1.54, 1.807) is 7.05 Å². The highest BCUT2D eigenvalue weighted by molar-refractivity contribution is 5.73. The summed E-state index contributed by atoms with van der Waals surface area (Å²) in [5.74, 6) is -0.213. The van der Waals surface area contributed by atoms with Crippen LogP contribution in [0.3, 0.4) is 0 Å². The number of rotatable bonds is 4. The second-order valence-corrected chi connectivity index (χ2v) is 3.21. The lowest BCUT2D eigenvalue weighted by molar-refractivity contribution is -0.141. The van der Waals surface area contributed by atoms with Crippen molar-refractivity contribution in [3.8, 4) is 0 Å². The minimum Gasteiger partial charge on any atom is -0.480 e. The van der Waals surface area contributed by atoms with Crippen LogP contribution < -0.4 is 5.32 Å². The zero-order valence-electron chi connectivity index (χ0n) is 7.59. The van der Waals surface area contributed by atoms with Crippen molar-refractivity contribution in [1.29, 1.82) is 0 Å². The highest BCUT2D eigenvalue weighted by Crippen LogP contribution is 2.14. The molecule has 3 heteroatoms. The average Bonchev–Trinajstić information content (AvgIpc) is 1.88. The van der Waals surface area contributed by atoms with E-state index in [4.69, 9.17) is 5.11 Å². The Kier molecular flexibility index (Phi) is 4.11. The quantitative estimate of drug-likeness (QED) is 0.642. The van der Waals surface area contributed by atoms with Gasteiger partial charge >= 0.3 is 5.97 Å². The van der Waals surface area contributed by atoms with Crippen LogP contribution >= 0.6 is 0 Å². The molecule has 0 saturated carbocycles. The molecule has 2 atom stereocenters. The molecule has 2 N–H and O–H groups in total. The second kappa shape index (κ2) is 4.34. The summed E-state index contributed by atoms with van der Waals surface area (Å²) in [6.45, 7) is 6.00. The van der Waals surface area contributed by atoms with E-state index in [1.807, 2.05) is 20.8 Å². The van der Waals surface area contributed by atoms with E-state index in [1.165, 1.54) is 0 Å². The van der Waals surface area contributed by atoms with Gasteiger partial charge in [0.05, 0.1) is 0 Å². The van der Waals surface area contributed by atoms with Gasteiger partial charge in [-0.2, -0.15) is 0 Å². The number of aliphatic carboxylic acids is 1. The molecule has 0 rings (SSSR count). The summed E-state index contributed by atoms with van der Waals surface area (Å²) in [6, 6.07) is -0.421. The maximum absolute atomic E-state index is 10.6. The summed E-state index contributed by atoms with van der Waals surface area (Å²) >= 11 is 0. The molecule has 0 aromatic carbocycles. The molecule has 66 valence electrons. The summed E-state index contributed by atoms with van der Waals surface area (Å²) in [6.07, 6.45) is 0. The van der Waals surface area contributed by atoms with Crippen molar-refractivity contribution in [2.75, 3.05) is 7.05 Å². The number of carboxylic acids is 1. The third-order valence-corrected chi connectivity index (χ3v) is 2.15. The maximum Gasteiger partial charge on any atom is 0.320 e. The van der Waals surface area contributed by atoms with Gasteiger partial charge in [0.1, 0.15) is 6.04 Å². The van der Waals surface area contributed by atoms with Crippen molar-refractivity contribution in [2.24, 2.45) is 11.8 Å². The molecule has 0 heterocycles. The Hall–Kier alpha value is -0.570. The van der Waals surface area contributed by atoms with Crippen LogP contribution in [0.4, 0.5) is 0 Å². The summed E-state index contributed by atoms with van der Waals surface area (Å²) in [7, 11) is 1.68. The van der Waals surface area contributed by atoms with Gasteiger partial charge in [0.25, 0.3) is 0 Å². The van der Waals surface area contributed by atoms with E-state index in [0.717, 1.165) is 0 Å². The Morgan fingerprint density at radius 1 is 1.36 bits per heavy atom. The van der Waals surface area contributed by atoms with Crippen LogP contribution in [0.1, 0.15) is 20.8 Å². The predicted octanol–water partition coefficient (Wildman–Crippen LogP) is 0.951. The summed E-state index contributed by atoms with van der Waals surface area (Å²) in [5, 5.41) is 11.5. The molecule has 0 amide bonds. The molecule has 0 spiro atoms. The smallest absolute Gasteiger partial charge is 0.320 e. The van der Waals surface area contributed by atoms with Crippen LogP contribution in [-0.4, -0.2) is 24.2 Å². The lowest BCUT2D eigenvalue weighted by Gasteiger charge is -2.22. The molecule has 0 bridgehead atoms. The van der Waals surface area contributed by atoms with Gasteiger partial charge in [-0.25, -0.2) is 0 Å². The minimum absolute atomic E-state index is 0.164. The number of hydrogen-bond donors (Lipinski definition) is 2. The van der Waals surface area contributed by atoms with Crippen LogP contribution in [0.2, 0.25) is 0 Å². The van der Waals surface area contributed by atoms with E-state index in [2.05, 4.69) is 5.32 Å². The summed E-state index contributed by atoms with van der Waals surface area (Å²) in [5.41, 5.74) is 0. The van der Waals surface area contributed by atoms with Crippen LogP contribution in [0.25, 0.3) is 0 Å². The fraction of sp³-hybridized carbons (Fsp3) is 0.875. The molecule has 1 unspecified atom stereocenters. The van der Waals surface area contributed by atoms with Crippen LogP contribution in [0.5, 0.6) is 0 Å². The van der Waals surface area contributed by atoms with Crippen molar-refractivity contribution < 1.29 is 9.90 Å². The lowest BCUT2D eigenvalue weighted by Crippen LogP contribution is -2.41. The van der Waals surface area contributed by atoms with Crippen molar-refractivity contribution in [3.63, 3.8) is 0 Å². The molecule has 0 aliphatic rings. The lowest BCUT2D eigenvalue weighted by atomic mass is 9.90. The normalized spacial score (nSPS) is 16.5.